The Kier molecular flexibility index (Phi) is 4.12. The van der Waals surface area contributed by atoms with E-state index in [1.54, 1.807) is 30.9 Å². The first-order valence-corrected chi connectivity index (χ1v) is 7.07. The minimum Gasteiger partial charge on any atom is -0.478 e. The van der Waals surface area contributed by atoms with E-state index in [1.165, 1.54) is 4.90 Å². The topological polar surface area (TPSA) is 49.3 Å². The maximum Gasteiger partial charge on any atom is 0.337 e. The highest BCUT2D eigenvalue weighted by molar-refractivity contribution is 7.98. The zero-order chi connectivity index (χ0) is 13.8. The Labute approximate surface area is 116 Å². The molecule has 0 amide bonds. The van der Waals surface area contributed by atoms with E-state index in [4.69, 9.17) is 0 Å². The Morgan fingerprint density at radius 1 is 1.11 bits per heavy atom. The predicted molar refractivity (Wildman–Crippen MR) is 80.2 cm³/mol. The zero-order valence-electron chi connectivity index (χ0n) is 10.8. The van der Waals surface area contributed by atoms with Gasteiger partial charge in [-0.2, -0.15) is 0 Å². The molecular weight excluding hydrogens is 258 g/mol. The fourth-order valence-electron chi connectivity index (χ4n) is 1.90. The number of carbonyl (C=O) groups is 1. The molecule has 0 unspecified atom stereocenters. The van der Waals surface area contributed by atoms with Crippen LogP contribution in [0.5, 0.6) is 0 Å². The van der Waals surface area contributed by atoms with Crippen molar-refractivity contribution in [2.24, 2.45) is 0 Å². The van der Waals surface area contributed by atoms with Gasteiger partial charge >= 0.3 is 5.97 Å². The molecule has 0 aromatic heterocycles. The second-order valence-electron chi connectivity index (χ2n) is 4.04. The average Bonchev–Trinajstić information content (AvgIpc) is 2.46. The van der Waals surface area contributed by atoms with Crippen LogP contribution < -0.4 is 5.32 Å². The number of benzene rings is 2. The zero-order valence-corrected chi connectivity index (χ0v) is 11.6. The molecule has 0 saturated carbocycles. The van der Waals surface area contributed by atoms with Gasteiger partial charge in [0.15, 0.2) is 0 Å². The monoisotopic (exact) mass is 273 g/mol. The van der Waals surface area contributed by atoms with Crippen LogP contribution in [-0.4, -0.2) is 24.4 Å². The van der Waals surface area contributed by atoms with Crippen LogP contribution >= 0.6 is 11.8 Å². The molecule has 0 radical (unpaired) electrons. The number of carboxylic acids is 1. The molecule has 0 atom stereocenters. The lowest BCUT2D eigenvalue weighted by Crippen LogP contribution is -2.02. The Morgan fingerprint density at radius 3 is 2.26 bits per heavy atom. The third-order valence-corrected chi connectivity index (χ3v) is 3.69. The van der Waals surface area contributed by atoms with Crippen molar-refractivity contribution in [2.75, 3.05) is 18.6 Å². The summed E-state index contributed by atoms with van der Waals surface area (Å²) in [6, 6.07) is 13.5. The molecule has 0 fully saturated rings. The molecule has 0 heterocycles. The standard InChI is InChI=1S/C15H15NO2S/c1-16-14-8-5-11(9-13(14)15(17)18)10-3-6-12(19-2)7-4-10/h3-9,16H,1-2H3,(H,17,18). The Hall–Kier alpha value is -1.94. The van der Waals surface area contributed by atoms with Crippen LogP contribution in [0.1, 0.15) is 10.4 Å². The van der Waals surface area contributed by atoms with E-state index in [2.05, 4.69) is 5.32 Å². The number of carboxylic acid groups (broad SMARTS) is 1. The van der Waals surface area contributed by atoms with Gasteiger partial charge in [-0.1, -0.05) is 18.2 Å². The first-order valence-electron chi connectivity index (χ1n) is 5.85. The number of rotatable bonds is 4. The summed E-state index contributed by atoms with van der Waals surface area (Å²) in [7, 11) is 1.72. The van der Waals surface area contributed by atoms with Gasteiger partial charge in [-0.15, -0.1) is 11.8 Å². The summed E-state index contributed by atoms with van der Waals surface area (Å²) in [5.41, 5.74) is 2.83. The molecule has 2 aromatic carbocycles. The van der Waals surface area contributed by atoms with Crippen LogP contribution in [0.4, 0.5) is 5.69 Å². The van der Waals surface area contributed by atoms with Crippen molar-refractivity contribution >= 4 is 23.4 Å². The summed E-state index contributed by atoms with van der Waals surface area (Å²) in [6.07, 6.45) is 2.03. The molecule has 19 heavy (non-hydrogen) atoms. The van der Waals surface area contributed by atoms with Crippen molar-refractivity contribution in [1.29, 1.82) is 0 Å². The van der Waals surface area contributed by atoms with Crippen LogP contribution in [0.2, 0.25) is 0 Å². The third-order valence-electron chi connectivity index (χ3n) is 2.94. The van der Waals surface area contributed by atoms with Gasteiger partial charge in [0, 0.05) is 17.6 Å². The maximum atomic E-state index is 11.2. The molecule has 98 valence electrons. The Morgan fingerprint density at radius 2 is 1.74 bits per heavy atom. The summed E-state index contributed by atoms with van der Waals surface area (Å²) in [5.74, 6) is -0.924. The van der Waals surface area contributed by atoms with Crippen molar-refractivity contribution in [2.45, 2.75) is 4.90 Å². The highest BCUT2D eigenvalue weighted by Crippen LogP contribution is 2.27. The quantitative estimate of drug-likeness (QED) is 0.832. The summed E-state index contributed by atoms with van der Waals surface area (Å²) in [6.45, 7) is 0. The van der Waals surface area contributed by atoms with Gasteiger partial charge in [-0.3, -0.25) is 0 Å². The fraction of sp³-hybridized carbons (Fsp3) is 0.133. The lowest BCUT2D eigenvalue weighted by Gasteiger charge is -2.09. The van der Waals surface area contributed by atoms with Gasteiger partial charge < -0.3 is 10.4 Å². The number of nitrogens with one attached hydrogen (secondary N) is 1. The molecule has 2 rings (SSSR count). The molecular formula is C15H15NO2S. The molecule has 0 bridgehead atoms. The van der Waals surface area contributed by atoms with Gasteiger partial charge in [-0.05, 0) is 41.6 Å². The second-order valence-corrected chi connectivity index (χ2v) is 4.92. The van der Waals surface area contributed by atoms with Crippen molar-refractivity contribution < 1.29 is 9.90 Å². The number of aromatic carboxylic acids is 1. The largest absolute Gasteiger partial charge is 0.478 e. The van der Waals surface area contributed by atoms with Gasteiger partial charge in [0.1, 0.15) is 0 Å². The molecule has 0 aliphatic rings. The van der Waals surface area contributed by atoms with E-state index < -0.39 is 5.97 Å². The number of thioether (sulfide) groups is 1. The van der Waals surface area contributed by atoms with E-state index in [0.29, 0.717) is 5.69 Å². The minimum absolute atomic E-state index is 0.286. The van der Waals surface area contributed by atoms with Gasteiger partial charge in [0.25, 0.3) is 0 Å². The Bertz CT molecular complexity index is 594. The van der Waals surface area contributed by atoms with E-state index in [9.17, 15) is 9.90 Å². The van der Waals surface area contributed by atoms with Crippen LogP contribution in [0, 0.1) is 0 Å². The molecule has 2 aromatic rings. The lowest BCUT2D eigenvalue weighted by atomic mass is 10.0. The second kappa shape index (κ2) is 5.80. The lowest BCUT2D eigenvalue weighted by molar-refractivity contribution is 0.0698. The van der Waals surface area contributed by atoms with E-state index in [1.807, 2.05) is 36.6 Å². The van der Waals surface area contributed by atoms with Crippen LogP contribution in [0.25, 0.3) is 11.1 Å². The molecule has 0 aliphatic heterocycles. The van der Waals surface area contributed by atoms with E-state index >= 15 is 0 Å². The molecule has 2 N–H and O–H groups in total. The Balaban J connectivity index is 2.44. The third kappa shape index (κ3) is 2.90. The fourth-order valence-corrected chi connectivity index (χ4v) is 2.31. The van der Waals surface area contributed by atoms with Crippen LogP contribution in [0.15, 0.2) is 47.4 Å². The molecule has 0 spiro atoms. The molecule has 0 aliphatic carbocycles. The number of anilines is 1. The first kappa shape index (κ1) is 13.5. The van der Waals surface area contributed by atoms with Crippen LogP contribution in [-0.2, 0) is 0 Å². The normalized spacial score (nSPS) is 10.2. The summed E-state index contributed by atoms with van der Waals surface area (Å²) < 4.78 is 0. The summed E-state index contributed by atoms with van der Waals surface area (Å²) >= 11 is 1.68. The average molecular weight is 273 g/mol. The van der Waals surface area contributed by atoms with Crippen molar-refractivity contribution in [1.82, 2.24) is 0 Å². The first-order chi connectivity index (χ1) is 9.15. The molecule has 3 nitrogen and oxygen atoms in total. The number of hydrogen-bond acceptors (Lipinski definition) is 3. The van der Waals surface area contributed by atoms with Crippen molar-refractivity contribution in [3.63, 3.8) is 0 Å². The highest BCUT2D eigenvalue weighted by Gasteiger charge is 2.10. The van der Waals surface area contributed by atoms with Gasteiger partial charge in [0.05, 0.1) is 5.56 Å². The maximum absolute atomic E-state index is 11.2. The van der Waals surface area contributed by atoms with E-state index in [0.717, 1.165) is 11.1 Å². The van der Waals surface area contributed by atoms with Crippen LogP contribution in [0.3, 0.4) is 0 Å². The smallest absolute Gasteiger partial charge is 0.337 e. The summed E-state index contributed by atoms with van der Waals surface area (Å²) in [5, 5.41) is 12.1. The highest BCUT2D eigenvalue weighted by atomic mass is 32.2. The number of hydrogen-bond donors (Lipinski definition) is 2. The van der Waals surface area contributed by atoms with E-state index in [-0.39, 0.29) is 5.56 Å². The predicted octanol–water partition coefficient (Wildman–Crippen LogP) is 3.82. The minimum atomic E-state index is -0.924. The van der Waals surface area contributed by atoms with Crippen molar-refractivity contribution in [3.8, 4) is 11.1 Å². The van der Waals surface area contributed by atoms with Crippen molar-refractivity contribution in [3.05, 3.63) is 48.0 Å². The molecule has 0 saturated heterocycles. The van der Waals surface area contributed by atoms with Gasteiger partial charge in [-0.25, -0.2) is 4.79 Å². The molecule has 4 heteroatoms. The van der Waals surface area contributed by atoms with Gasteiger partial charge in [0.2, 0.25) is 0 Å². The summed E-state index contributed by atoms with van der Waals surface area (Å²) in [4.78, 5) is 12.4. The SMILES string of the molecule is CNc1ccc(-c2ccc(SC)cc2)cc1C(=O)O.